The van der Waals surface area contributed by atoms with Gasteiger partial charge in [0.05, 0.1) is 26.4 Å². The van der Waals surface area contributed by atoms with Crippen LogP contribution < -0.4 is 0 Å². The third-order valence-corrected chi connectivity index (χ3v) is 20.6. The van der Waals surface area contributed by atoms with Gasteiger partial charge in [-0.1, -0.05) is 351 Å². The highest BCUT2D eigenvalue weighted by atomic mass is 31.2. The Hall–Kier alpha value is -1.94. The molecule has 17 nitrogen and oxygen atoms in total. The number of phosphoric acid groups is 2. The number of hydrogen-bond donors (Lipinski definition) is 3. The van der Waals surface area contributed by atoms with Crippen molar-refractivity contribution < 1.29 is 80.2 Å². The number of rotatable bonds is 76. The molecular weight excluding hydrogens is 1280 g/mol. The average molecular weight is 1440 g/mol. The van der Waals surface area contributed by atoms with E-state index in [9.17, 15) is 43.2 Å². The summed E-state index contributed by atoms with van der Waals surface area (Å²) in [6.07, 6.45) is 54.2. The van der Waals surface area contributed by atoms with Crippen LogP contribution in [0.3, 0.4) is 0 Å². The number of ether oxygens (including phenoxy) is 4. The van der Waals surface area contributed by atoms with E-state index in [2.05, 4.69) is 55.4 Å². The predicted molar refractivity (Wildman–Crippen MR) is 400 cm³/mol. The molecular formula is C79H154O17P2. The quantitative estimate of drug-likeness (QED) is 0.0222. The minimum atomic E-state index is -4.96. The maximum absolute atomic E-state index is 13.1. The average Bonchev–Trinajstić information content (AvgIpc) is 1.11. The highest BCUT2D eigenvalue weighted by Crippen LogP contribution is 2.45. The van der Waals surface area contributed by atoms with Gasteiger partial charge in [-0.3, -0.25) is 37.3 Å². The van der Waals surface area contributed by atoms with Gasteiger partial charge >= 0.3 is 39.5 Å². The summed E-state index contributed by atoms with van der Waals surface area (Å²) < 4.78 is 68.6. The lowest BCUT2D eigenvalue weighted by Crippen LogP contribution is -2.30. The monoisotopic (exact) mass is 1440 g/mol. The highest BCUT2D eigenvalue weighted by molar-refractivity contribution is 7.47. The molecule has 0 radical (unpaired) electrons. The Morgan fingerprint density at radius 1 is 0.286 bits per heavy atom. The SMILES string of the molecule is CCC(C)CCCCCCCCCCC(=O)O[C@H](COC(=O)CCCCCCCCCCCCCCC(C)C)COP(=O)(O)OCC(O)COP(=O)(O)OC[C@@H](COC(=O)CCCCCCCCCC(C)C)OC(=O)CCCCCCCCCCCCCCCCCCCCC(C)C. The first kappa shape index (κ1) is 96.1. The second-order valence-electron chi connectivity index (χ2n) is 30.1. The van der Waals surface area contributed by atoms with Crippen molar-refractivity contribution in [3.8, 4) is 0 Å². The fourth-order valence-corrected chi connectivity index (χ4v) is 13.6. The van der Waals surface area contributed by atoms with E-state index in [0.717, 1.165) is 114 Å². The Labute approximate surface area is 600 Å². The number of esters is 4. The fourth-order valence-electron chi connectivity index (χ4n) is 12.0. The van der Waals surface area contributed by atoms with Crippen LogP contribution in [0.4, 0.5) is 0 Å². The van der Waals surface area contributed by atoms with Crippen LogP contribution in [0.25, 0.3) is 0 Å². The van der Waals surface area contributed by atoms with Crippen molar-refractivity contribution in [1.29, 1.82) is 0 Å². The van der Waals surface area contributed by atoms with Crippen molar-refractivity contribution in [1.82, 2.24) is 0 Å². The van der Waals surface area contributed by atoms with Crippen LogP contribution in [0.5, 0.6) is 0 Å². The van der Waals surface area contributed by atoms with Crippen molar-refractivity contribution in [2.45, 2.75) is 420 Å². The molecule has 0 heterocycles. The molecule has 0 aliphatic rings. The minimum absolute atomic E-state index is 0.105. The zero-order valence-corrected chi connectivity index (χ0v) is 66.2. The second-order valence-corrected chi connectivity index (χ2v) is 33.0. The Kier molecular flexibility index (Phi) is 66.8. The highest BCUT2D eigenvalue weighted by Gasteiger charge is 2.30. The van der Waals surface area contributed by atoms with Gasteiger partial charge in [-0.2, -0.15) is 0 Å². The van der Waals surface area contributed by atoms with Crippen molar-refractivity contribution in [3.05, 3.63) is 0 Å². The van der Waals surface area contributed by atoms with Crippen LogP contribution in [-0.4, -0.2) is 96.7 Å². The molecule has 0 saturated heterocycles. The molecule has 0 bridgehead atoms. The summed E-state index contributed by atoms with van der Waals surface area (Å²) in [5.74, 6) is 0.957. The molecule has 0 aromatic carbocycles. The normalized spacial score (nSPS) is 14.3. The van der Waals surface area contributed by atoms with Gasteiger partial charge in [0.1, 0.15) is 19.3 Å². The van der Waals surface area contributed by atoms with Crippen LogP contribution in [0, 0.1) is 23.7 Å². The number of phosphoric ester groups is 2. The summed E-state index contributed by atoms with van der Waals surface area (Å²) in [4.78, 5) is 72.9. The first-order chi connectivity index (χ1) is 47.1. The van der Waals surface area contributed by atoms with Gasteiger partial charge in [0.25, 0.3) is 0 Å². The molecule has 0 spiro atoms. The van der Waals surface area contributed by atoms with Gasteiger partial charge in [0.2, 0.25) is 0 Å². The molecule has 0 aliphatic carbocycles. The molecule has 0 aliphatic heterocycles. The van der Waals surface area contributed by atoms with E-state index in [-0.39, 0.29) is 25.7 Å². The molecule has 0 fully saturated rings. The largest absolute Gasteiger partial charge is 0.472 e. The van der Waals surface area contributed by atoms with Crippen LogP contribution >= 0.6 is 15.6 Å². The molecule has 582 valence electrons. The summed E-state index contributed by atoms with van der Waals surface area (Å²) in [6, 6.07) is 0. The van der Waals surface area contributed by atoms with Crippen LogP contribution in [-0.2, 0) is 65.4 Å². The van der Waals surface area contributed by atoms with Crippen molar-refractivity contribution in [2.75, 3.05) is 39.6 Å². The zero-order chi connectivity index (χ0) is 72.4. The summed E-state index contributed by atoms with van der Waals surface area (Å²) in [7, 11) is -9.92. The summed E-state index contributed by atoms with van der Waals surface area (Å²) in [5.41, 5.74) is 0. The molecule has 0 aromatic heterocycles. The minimum Gasteiger partial charge on any atom is -0.462 e. The van der Waals surface area contributed by atoms with E-state index in [1.807, 2.05) is 0 Å². The molecule has 0 aromatic rings. The lowest BCUT2D eigenvalue weighted by molar-refractivity contribution is -0.161. The van der Waals surface area contributed by atoms with Gasteiger partial charge in [-0.25, -0.2) is 9.13 Å². The number of hydrogen-bond acceptors (Lipinski definition) is 15. The third-order valence-electron chi connectivity index (χ3n) is 18.7. The van der Waals surface area contributed by atoms with Crippen molar-refractivity contribution in [3.63, 3.8) is 0 Å². The number of carbonyl (C=O) groups excluding carboxylic acids is 4. The van der Waals surface area contributed by atoms with Gasteiger partial charge in [-0.05, 0) is 49.4 Å². The predicted octanol–water partition coefficient (Wildman–Crippen LogP) is 23.2. The van der Waals surface area contributed by atoms with E-state index in [1.54, 1.807) is 0 Å². The van der Waals surface area contributed by atoms with Crippen LogP contribution in [0.2, 0.25) is 0 Å². The summed E-state index contributed by atoms with van der Waals surface area (Å²) in [5, 5.41) is 10.6. The number of carbonyl (C=O) groups is 4. The molecule has 6 atom stereocenters. The Morgan fingerprint density at radius 3 is 0.724 bits per heavy atom. The Balaban J connectivity index is 5.19. The smallest absolute Gasteiger partial charge is 0.462 e. The summed E-state index contributed by atoms with van der Waals surface area (Å²) in [6.45, 7) is 14.2. The molecule has 0 saturated carbocycles. The number of aliphatic hydroxyl groups is 1. The maximum atomic E-state index is 13.1. The molecule has 4 unspecified atom stereocenters. The first-order valence-electron chi connectivity index (χ1n) is 40.7. The molecule has 0 amide bonds. The molecule has 19 heteroatoms. The van der Waals surface area contributed by atoms with Gasteiger partial charge in [-0.15, -0.1) is 0 Å². The van der Waals surface area contributed by atoms with Gasteiger partial charge < -0.3 is 33.8 Å². The Morgan fingerprint density at radius 2 is 0.490 bits per heavy atom. The molecule has 3 N–H and O–H groups in total. The van der Waals surface area contributed by atoms with E-state index < -0.39 is 97.5 Å². The van der Waals surface area contributed by atoms with E-state index in [1.165, 1.54) is 199 Å². The Bertz CT molecular complexity index is 1920. The second kappa shape index (κ2) is 68.2. The summed E-state index contributed by atoms with van der Waals surface area (Å²) >= 11 is 0. The van der Waals surface area contributed by atoms with Gasteiger partial charge in [0.15, 0.2) is 12.2 Å². The van der Waals surface area contributed by atoms with Crippen LogP contribution in [0.15, 0.2) is 0 Å². The van der Waals surface area contributed by atoms with Crippen LogP contribution in [0.1, 0.15) is 402 Å². The first-order valence-corrected chi connectivity index (χ1v) is 43.7. The van der Waals surface area contributed by atoms with E-state index in [4.69, 9.17) is 37.0 Å². The topological polar surface area (TPSA) is 237 Å². The molecule has 0 rings (SSSR count). The third kappa shape index (κ3) is 71.1. The van der Waals surface area contributed by atoms with Crippen molar-refractivity contribution in [2.24, 2.45) is 23.7 Å². The molecule has 98 heavy (non-hydrogen) atoms. The van der Waals surface area contributed by atoms with E-state index >= 15 is 0 Å². The lowest BCUT2D eigenvalue weighted by atomic mass is 9.99. The lowest BCUT2D eigenvalue weighted by Gasteiger charge is -2.21. The number of unbranched alkanes of at least 4 members (excludes halogenated alkanes) is 41. The maximum Gasteiger partial charge on any atom is 0.472 e. The van der Waals surface area contributed by atoms with E-state index in [0.29, 0.717) is 31.6 Å². The van der Waals surface area contributed by atoms with Gasteiger partial charge in [0, 0.05) is 25.7 Å². The standard InChI is InChI=1S/C79H154O17P2/c1-9-72(8)58-50-42-34-28-29-37-46-54-62-79(84)96-74(65-89-76(81)59-51-43-35-26-22-19-18-21-25-32-40-48-56-70(4)5)67-93-97(85,86)91-63-73(80)64-92-98(87,88)94-68-75(66-90-77(82)60-52-44-38-30-33-41-49-57-71(6)7)95-78(83)61-53-45-36-27-23-17-15-13-11-10-12-14-16-20-24-31-39-47-55-69(2)3/h69-75,80H,9-68H2,1-8H3,(H,85,86)(H,87,88)/t72?,73?,74-,75-/m1/s1. The van der Waals surface area contributed by atoms with Crippen molar-refractivity contribution >= 4 is 39.5 Å². The zero-order valence-electron chi connectivity index (χ0n) is 64.4. The number of aliphatic hydroxyl groups excluding tert-OH is 1. The fraction of sp³-hybridized carbons (Fsp3) is 0.949.